The fourth-order valence-electron chi connectivity index (χ4n) is 2.37. The topological polar surface area (TPSA) is 61.8 Å². The van der Waals surface area contributed by atoms with E-state index in [-0.39, 0.29) is 16.5 Å². The van der Waals surface area contributed by atoms with Crippen LogP contribution in [0.15, 0.2) is 66.7 Å². The van der Waals surface area contributed by atoms with Crippen molar-refractivity contribution >= 4 is 23.5 Å². The molecule has 0 aliphatic heterocycles. The van der Waals surface area contributed by atoms with E-state index in [1.54, 1.807) is 43.5 Å². The first-order valence-electron chi connectivity index (χ1n) is 8.41. The molecule has 0 aliphatic carbocycles. The summed E-state index contributed by atoms with van der Waals surface area (Å²) in [7, 11) is 1.54. The lowest BCUT2D eigenvalue weighted by atomic mass is 10.1. The Bertz CT molecular complexity index is 994. The molecule has 0 amide bonds. The van der Waals surface area contributed by atoms with Crippen molar-refractivity contribution in [2.45, 2.75) is 6.92 Å². The number of carbonyl (C=O) groups excluding carboxylic acids is 2. The van der Waals surface area contributed by atoms with Gasteiger partial charge in [-0.3, -0.25) is 0 Å². The van der Waals surface area contributed by atoms with Gasteiger partial charge in [0.15, 0.2) is 0 Å². The zero-order valence-corrected chi connectivity index (χ0v) is 16.0. The summed E-state index contributed by atoms with van der Waals surface area (Å²) >= 11 is 6.17. The van der Waals surface area contributed by atoms with Crippen molar-refractivity contribution in [3.8, 4) is 17.2 Å². The summed E-state index contributed by atoms with van der Waals surface area (Å²) in [6, 6.07) is 17.9. The third-order valence-electron chi connectivity index (χ3n) is 3.93. The predicted octanol–water partition coefficient (Wildman–Crippen LogP) is 5.10. The van der Waals surface area contributed by atoms with Gasteiger partial charge in [-0.05, 0) is 55.5 Å². The zero-order chi connectivity index (χ0) is 20.1. The van der Waals surface area contributed by atoms with Crippen LogP contribution in [0.25, 0.3) is 0 Å². The highest BCUT2D eigenvalue weighted by Crippen LogP contribution is 2.30. The second-order valence-electron chi connectivity index (χ2n) is 5.97. The summed E-state index contributed by atoms with van der Waals surface area (Å²) in [5.74, 6) is -0.0141. The largest absolute Gasteiger partial charge is 0.497 e. The molecule has 3 aromatic carbocycles. The maximum absolute atomic E-state index is 12.2. The fourth-order valence-corrected chi connectivity index (χ4v) is 2.58. The highest BCUT2D eigenvalue weighted by molar-refractivity contribution is 6.32. The number of benzene rings is 3. The van der Waals surface area contributed by atoms with Gasteiger partial charge in [-0.2, -0.15) is 0 Å². The molecule has 0 saturated carbocycles. The summed E-state index contributed by atoms with van der Waals surface area (Å²) in [6.07, 6.45) is 0. The molecule has 3 rings (SSSR count). The second-order valence-corrected chi connectivity index (χ2v) is 6.37. The van der Waals surface area contributed by atoms with E-state index in [0.29, 0.717) is 16.9 Å². The average Bonchev–Trinajstić information content (AvgIpc) is 2.70. The third kappa shape index (κ3) is 4.69. The smallest absolute Gasteiger partial charge is 0.343 e. The summed E-state index contributed by atoms with van der Waals surface area (Å²) in [5, 5.41) is 0.149. The highest BCUT2D eigenvalue weighted by atomic mass is 35.5. The van der Waals surface area contributed by atoms with Gasteiger partial charge in [0.1, 0.15) is 17.2 Å². The van der Waals surface area contributed by atoms with E-state index in [9.17, 15) is 9.59 Å². The maximum Gasteiger partial charge on any atom is 0.343 e. The lowest BCUT2D eigenvalue weighted by Gasteiger charge is -2.09. The summed E-state index contributed by atoms with van der Waals surface area (Å²) < 4.78 is 15.7. The van der Waals surface area contributed by atoms with E-state index in [4.69, 9.17) is 25.8 Å². The molecule has 0 unspecified atom stereocenters. The van der Waals surface area contributed by atoms with Crippen LogP contribution in [0.4, 0.5) is 0 Å². The van der Waals surface area contributed by atoms with Crippen LogP contribution >= 0.6 is 11.6 Å². The predicted molar refractivity (Wildman–Crippen MR) is 106 cm³/mol. The molecule has 0 radical (unpaired) electrons. The van der Waals surface area contributed by atoms with Gasteiger partial charge < -0.3 is 14.2 Å². The van der Waals surface area contributed by atoms with Crippen LogP contribution in [0.2, 0.25) is 5.02 Å². The summed E-state index contributed by atoms with van der Waals surface area (Å²) in [6.45, 7) is 1.93. The molecule has 0 aliphatic rings. The number of halogens is 1. The van der Waals surface area contributed by atoms with Gasteiger partial charge in [-0.15, -0.1) is 0 Å². The first-order valence-corrected chi connectivity index (χ1v) is 8.78. The molecule has 0 heterocycles. The molecule has 5 nitrogen and oxygen atoms in total. The quantitative estimate of drug-likeness (QED) is 0.443. The Morgan fingerprint density at radius 2 is 1.29 bits per heavy atom. The minimum atomic E-state index is -0.561. The van der Waals surface area contributed by atoms with Crippen LogP contribution < -0.4 is 14.2 Å². The maximum atomic E-state index is 12.2. The Balaban J connectivity index is 1.68. The number of hydrogen-bond acceptors (Lipinski definition) is 5. The van der Waals surface area contributed by atoms with Crippen LogP contribution in [-0.2, 0) is 0 Å². The normalized spacial score (nSPS) is 10.2. The van der Waals surface area contributed by atoms with Crippen LogP contribution in [0.5, 0.6) is 17.2 Å². The Hall–Kier alpha value is -3.31. The molecule has 142 valence electrons. The van der Waals surface area contributed by atoms with Gasteiger partial charge in [-0.25, -0.2) is 9.59 Å². The van der Waals surface area contributed by atoms with Crippen LogP contribution in [0.3, 0.4) is 0 Å². The van der Waals surface area contributed by atoms with Gasteiger partial charge in [0.2, 0.25) is 0 Å². The minimum Gasteiger partial charge on any atom is -0.497 e. The van der Waals surface area contributed by atoms with E-state index in [1.807, 2.05) is 19.1 Å². The number of rotatable bonds is 5. The van der Waals surface area contributed by atoms with Crippen molar-refractivity contribution in [1.29, 1.82) is 0 Å². The monoisotopic (exact) mass is 396 g/mol. The van der Waals surface area contributed by atoms with Gasteiger partial charge in [0, 0.05) is 6.07 Å². The van der Waals surface area contributed by atoms with Crippen molar-refractivity contribution < 1.29 is 23.8 Å². The number of ether oxygens (including phenoxy) is 3. The molecule has 0 spiro atoms. The molecule has 0 atom stereocenters. The van der Waals surface area contributed by atoms with Gasteiger partial charge >= 0.3 is 11.9 Å². The van der Waals surface area contributed by atoms with Crippen LogP contribution in [0, 0.1) is 6.92 Å². The lowest BCUT2D eigenvalue weighted by molar-refractivity contribution is 0.0719. The number of aryl methyl sites for hydroxylation is 1. The third-order valence-corrected chi connectivity index (χ3v) is 4.22. The van der Waals surface area contributed by atoms with Gasteiger partial charge in [-0.1, -0.05) is 29.3 Å². The van der Waals surface area contributed by atoms with Crippen molar-refractivity contribution in [3.63, 3.8) is 0 Å². The van der Waals surface area contributed by atoms with E-state index in [2.05, 4.69) is 0 Å². The number of hydrogen-bond donors (Lipinski definition) is 0. The van der Waals surface area contributed by atoms with Crippen molar-refractivity contribution in [3.05, 3.63) is 88.4 Å². The van der Waals surface area contributed by atoms with E-state index in [0.717, 1.165) is 5.56 Å². The lowest BCUT2D eigenvalue weighted by Crippen LogP contribution is -2.10. The first-order chi connectivity index (χ1) is 13.5. The molecule has 0 saturated heterocycles. The molecular weight excluding hydrogens is 380 g/mol. The van der Waals surface area contributed by atoms with Crippen molar-refractivity contribution in [1.82, 2.24) is 0 Å². The van der Waals surface area contributed by atoms with E-state index >= 15 is 0 Å². The Morgan fingerprint density at radius 1 is 0.750 bits per heavy atom. The van der Waals surface area contributed by atoms with Gasteiger partial charge in [0.25, 0.3) is 0 Å². The molecule has 0 fully saturated rings. The van der Waals surface area contributed by atoms with Crippen LogP contribution in [0.1, 0.15) is 26.3 Å². The van der Waals surface area contributed by atoms with Crippen molar-refractivity contribution in [2.24, 2.45) is 0 Å². The minimum absolute atomic E-state index is 0.149. The number of methoxy groups -OCH3 is 1. The molecule has 0 N–H and O–H groups in total. The SMILES string of the molecule is COc1ccc(C(=O)Oc2ccc(OC(=O)c3ccc(C)cc3)cc2Cl)cc1. The summed E-state index contributed by atoms with van der Waals surface area (Å²) in [5.41, 5.74) is 1.83. The van der Waals surface area contributed by atoms with Crippen LogP contribution in [-0.4, -0.2) is 19.0 Å². The second kappa shape index (κ2) is 8.59. The van der Waals surface area contributed by atoms with E-state index < -0.39 is 11.9 Å². The molecule has 3 aromatic rings. The highest BCUT2D eigenvalue weighted by Gasteiger charge is 2.14. The molecule has 6 heteroatoms. The molecule has 0 bridgehead atoms. The number of carbonyl (C=O) groups is 2. The Kier molecular flexibility index (Phi) is 5.96. The zero-order valence-electron chi connectivity index (χ0n) is 15.3. The van der Waals surface area contributed by atoms with E-state index in [1.165, 1.54) is 18.2 Å². The summed E-state index contributed by atoms with van der Waals surface area (Å²) in [4.78, 5) is 24.4. The average molecular weight is 397 g/mol. The fraction of sp³-hybridized carbons (Fsp3) is 0.0909. The number of esters is 2. The Morgan fingerprint density at radius 3 is 1.86 bits per heavy atom. The van der Waals surface area contributed by atoms with Crippen molar-refractivity contribution in [2.75, 3.05) is 7.11 Å². The molecule has 0 aromatic heterocycles. The Labute approximate surface area is 167 Å². The first kappa shape index (κ1) is 19.5. The molecule has 28 heavy (non-hydrogen) atoms. The molecular formula is C22H17ClO5. The van der Waals surface area contributed by atoms with Gasteiger partial charge in [0.05, 0.1) is 23.3 Å². The standard InChI is InChI=1S/C22H17ClO5/c1-14-3-5-15(6-4-14)21(24)27-18-11-12-20(19(23)13-18)28-22(25)16-7-9-17(26-2)10-8-16/h3-13H,1-2H3.